The van der Waals surface area contributed by atoms with Gasteiger partial charge >= 0.3 is 0 Å². The summed E-state index contributed by atoms with van der Waals surface area (Å²) in [6.45, 7) is 2.17. The number of halogens is 1. The summed E-state index contributed by atoms with van der Waals surface area (Å²) in [5.74, 6) is 0.899. The molecule has 2 aromatic carbocycles. The van der Waals surface area contributed by atoms with Gasteiger partial charge < -0.3 is 4.74 Å². The van der Waals surface area contributed by atoms with Crippen LogP contribution >= 0.6 is 0 Å². The van der Waals surface area contributed by atoms with Crippen LogP contribution in [0.4, 0.5) is 4.39 Å². The maximum atomic E-state index is 12.9. The van der Waals surface area contributed by atoms with Gasteiger partial charge in [-0.25, -0.2) is 17.5 Å². The summed E-state index contributed by atoms with van der Waals surface area (Å²) in [6.07, 6.45) is 1.48. The lowest BCUT2D eigenvalue weighted by Gasteiger charge is -2.09. The molecule has 23 heavy (non-hydrogen) atoms. The molecule has 124 valence electrons. The third kappa shape index (κ3) is 6.00. The molecule has 0 heterocycles. The fraction of sp³-hybridized carbons (Fsp3) is 0.294. The molecule has 0 unspecified atom stereocenters. The van der Waals surface area contributed by atoms with Crippen LogP contribution in [0.25, 0.3) is 0 Å². The predicted octanol–water partition coefficient (Wildman–Crippen LogP) is 3.84. The van der Waals surface area contributed by atoms with Gasteiger partial charge in [-0.05, 0) is 48.4 Å². The first-order valence-corrected chi connectivity index (χ1v) is 9.13. The lowest BCUT2D eigenvalue weighted by atomic mass is 10.2. The molecule has 0 saturated carbocycles. The first kappa shape index (κ1) is 17.4. The largest absolute Gasteiger partial charge is 0.457 e. The topological polar surface area (TPSA) is 55.4 Å². The van der Waals surface area contributed by atoms with Crippen molar-refractivity contribution in [3.8, 4) is 11.5 Å². The van der Waals surface area contributed by atoms with Crippen molar-refractivity contribution in [3.63, 3.8) is 0 Å². The zero-order valence-electron chi connectivity index (χ0n) is 13.0. The van der Waals surface area contributed by atoms with Crippen LogP contribution in [0.15, 0.2) is 48.5 Å². The van der Waals surface area contributed by atoms with Crippen LogP contribution < -0.4 is 9.46 Å². The van der Waals surface area contributed by atoms with Crippen molar-refractivity contribution in [1.82, 2.24) is 4.72 Å². The van der Waals surface area contributed by atoms with Gasteiger partial charge in [0.15, 0.2) is 0 Å². The second kappa shape index (κ2) is 8.08. The van der Waals surface area contributed by atoms with Gasteiger partial charge in [-0.15, -0.1) is 0 Å². The highest BCUT2D eigenvalue weighted by atomic mass is 32.2. The molecular weight excluding hydrogens is 317 g/mol. The molecule has 2 rings (SSSR count). The molecule has 0 aliphatic rings. The number of hydrogen-bond donors (Lipinski definition) is 1. The van der Waals surface area contributed by atoms with E-state index < -0.39 is 10.0 Å². The second-order valence-corrected chi connectivity index (χ2v) is 7.12. The fourth-order valence-corrected chi connectivity index (χ4v) is 3.16. The van der Waals surface area contributed by atoms with E-state index in [1.165, 1.54) is 24.3 Å². The van der Waals surface area contributed by atoms with E-state index in [9.17, 15) is 12.8 Å². The lowest BCUT2D eigenvalue weighted by molar-refractivity contribution is 0.479. The summed E-state index contributed by atoms with van der Waals surface area (Å²) in [4.78, 5) is 0. The normalized spacial score (nSPS) is 11.4. The van der Waals surface area contributed by atoms with Crippen LogP contribution in [0.1, 0.15) is 25.3 Å². The minimum absolute atomic E-state index is 0.134. The summed E-state index contributed by atoms with van der Waals surface area (Å²) >= 11 is 0. The number of hydrogen-bond acceptors (Lipinski definition) is 3. The van der Waals surface area contributed by atoms with E-state index in [1.54, 1.807) is 18.2 Å². The Bertz CT molecular complexity index is 730. The lowest BCUT2D eigenvalue weighted by Crippen LogP contribution is -2.25. The minimum atomic E-state index is -3.25. The number of ether oxygens (including phenoxy) is 1. The number of rotatable bonds is 8. The Kier molecular flexibility index (Phi) is 6.12. The predicted molar refractivity (Wildman–Crippen MR) is 88.5 cm³/mol. The fourth-order valence-electron chi connectivity index (χ4n) is 1.96. The number of nitrogens with one attached hydrogen (secondary N) is 1. The van der Waals surface area contributed by atoms with Crippen molar-refractivity contribution >= 4 is 10.0 Å². The van der Waals surface area contributed by atoms with Gasteiger partial charge in [-0.1, -0.05) is 25.5 Å². The van der Waals surface area contributed by atoms with Gasteiger partial charge in [-0.2, -0.15) is 0 Å². The van der Waals surface area contributed by atoms with Crippen LogP contribution in [-0.4, -0.2) is 14.2 Å². The average Bonchev–Trinajstić information content (AvgIpc) is 2.54. The molecule has 1 N–H and O–H groups in total. The van der Waals surface area contributed by atoms with Crippen molar-refractivity contribution in [2.45, 2.75) is 26.3 Å². The zero-order valence-corrected chi connectivity index (χ0v) is 13.8. The summed E-state index contributed by atoms with van der Waals surface area (Å²) < 4.78 is 44.7. The van der Waals surface area contributed by atoms with Crippen molar-refractivity contribution < 1.29 is 17.5 Å². The maximum absolute atomic E-state index is 12.9. The molecule has 0 aliphatic heterocycles. The van der Waals surface area contributed by atoms with Crippen molar-refractivity contribution in [2.75, 3.05) is 5.75 Å². The number of benzene rings is 2. The van der Waals surface area contributed by atoms with Gasteiger partial charge in [0, 0.05) is 6.54 Å². The molecular formula is C17H20FNO3S. The molecule has 0 fully saturated rings. The quantitative estimate of drug-likeness (QED) is 0.796. The van der Waals surface area contributed by atoms with Gasteiger partial charge in [0.25, 0.3) is 0 Å². The van der Waals surface area contributed by atoms with Crippen LogP contribution in [0.5, 0.6) is 11.5 Å². The van der Waals surface area contributed by atoms with Crippen molar-refractivity contribution in [3.05, 3.63) is 59.9 Å². The average molecular weight is 337 g/mol. The molecule has 0 aliphatic carbocycles. The summed E-state index contributed by atoms with van der Waals surface area (Å²) in [6, 6.07) is 12.8. The van der Waals surface area contributed by atoms with E-state index in [2.05, 4.69) is 4.72 Å². The summed E-state index contributed by atoms with van der Waals surface area (Å²) in [5, 5.41) is 0. The van der Waals surface area contributed by atoms with Crippen LogP contribution in [0, 0.1) is 5.82 Å². The van der Waals surface area contributed by atoms with Crippen LogP contribution in [-0.2, 0) is 16.6 Å². The van der Waals surface area contributed by atoms with Gasteiger partial charge in [-0.3, -0.25) is 0 Å². The third-order valence-corrected chi connectivity index (χ3v) is 4.62. The summed E-state index contributed by atoms with van der Waals surface area (Å²) in [5.41, 5.74) is 0.796. The molecule has 0 amide bonds. The second-order valence-electron chi connectivity index (χ2n) is 5.20. The van der Waals surface area contributed by atoms with E-state index in [-0.39, 0.29) is 18.1 Å². The molecule has 4 nitrogen and oxygen atoms in total. The summed E-state index contributed by atoms with van der Waals surface area (Å²) in [7, 11) is -3.25. The smallest absolute Gasteiger partial charge is 0.211 e. The van der Waals surface area contributed by atoms with Crippen LogP contribution in [0.3, 0.4) is 0 Å². The Morgan fingerprint density at radius 2 is 1.83 bits per heavy atom. The standard InChI is InChI=1S/C17H20FNO3S/c1-2-3-11-23(20,21)19-13-14-5-4-6-17(12-14)22-16-9-7-15(18)8-10-16/h4-10,12,19H,2-3,11,13H2,1H3. The Morgan fingerprint density at radius 3 is 2.52 bits per heavy atom. The minimum Gasteiger partial charge on any atom is -0.457 e. The van der Waals surface area contributed by atoms with E-state index >= 15 is 0 Å². The number of sulfonamides is 1. The van der Waals surface area contributed by atoms with Crippen LogP contribution in [0.2, 0.25) is 0 Å². The molecule has 0 saturated heterocycles. The molecule has 0 bridgehead atoms. The Morgan fingerprint density at radius 1 is 1.09 bits per heavy atom. The maximum Gasteiger partial charge on any atom is 0.211 e. The van der Waals surface area contributed by atoms with Gasteiger partial charge in [0.05, 0.1) is 5.75 Å². The molecule has 2 aromatic rings. The monoisotopic (exact) mass is 337 g/mol. The Hall–Kier alpha value is -1.92. The van der Waals surface area contributed by atoms with Crippen molar-refractivity contribution in [1.29, 1.82) is 0 Å². The van der Waals surface area contributed by atoms with Gasteiger partial charge in [0.1, 0.15) is 17.3 Å². The Balaban J connectivity index is 1.98. The van der Waals surface area contributed by atoms with E-state index in [0.717, 1.165) is 12.0 Å². The Labute approximate surface area is 136 Å². The zero-order chi connectivity index (χ0) is 16.7. The first-order chi connectivity index (χ1) is 11.0. The molecule has 6 heteroatoms. The highest BCUT2D eigenvalue weighted by molar-refractivity contribution is 7.89. The van der Waals surface area contributed by atoms with Crippen molar-refractivity contribution in [2.24, 2.45) is 0 Å². The van der Waals surface area contributed by atoms with E-state index in [1.807, 2.05) is 13.0 Å². The van der Waals surface area contributed by atoms with Gasteiger partial charge in [0.2, 0.25) is 10.0 Å². The SMILES string of the molecule is CCCCS(=O)(=O)NCc1cccc(Oc2ccc(F)cc2)c1. The first-order valence-electron chi connectivity index (χ1n) is 7.48. The van der Waals surface area contributed by atoms with E-state index in [4.69, 9.17) is 4.74 Å². The third-order valence-electron chi connectivity index (χ3n) is 3.21. The molecule has 0 atom stereocenters. The van der Waals surface area contributed by atoms with E-state index in [0.29, 0.717) is 17.9 Å². The number of unbranched alkanes of at least 4 members (excludes halogenated alkanes) is 1. The highest BCUT2D eigenvalue weighted by Gasteiger charge is 2.09. The molecule has 0 spiro atoms. The highest BCUT2D eigenvalue weighted by Crippen LogP contribution is 2.22. The molecule has 0 aromatic heterocycles. The molecule has 0 radical (unpaired) electrons.